The van der Waals surface area contributed by atoms with Crippen LogP contribution in [0.5, 0.6) is 0 Å². The SMILES string of the molecule is COCc1c(C(=O)Nc2ccc(C)cc2Cl)sc2cccc(F)c12. The number of benzene rings is 2. The highest BCUT2D eigenvalue weighted by atomic mass is 35.5. The van der Waals surface area contributed by atoms with Crippen LogP contribution in [0.3, 0.4) is 0 Å². The second-order valence-electron chi connectivity index (χ2n) is 5.39. The molecule has 0 radical (unpaired) electrons. The third-order valence-electron chi connectivity index (χ3n) is 3.63. The molecule has 0 aliphatic heterocycles. The van der Waals surface area contributed by atoms with Gasteiger partial charge in [0.05, 0.1) is 22.2 Å². The molecule has 3 nitrogen and oxygen atoms in total. The summed E-state index contributed by atoms with van der Waals surface area (Å²) in [5, 5.41) is 3.69. The van der Waals surface area contributed by atoms with Gasteiger partial charge in [0, 0.05) is 22.8 Å². The lowest BCUT2D eigenvalue weighted by Gasteiger charge is -2.08. The standard InChI is InChI=1S/C18H15ClFNO2S/c1-10-6-7-14(12(19)8-10)21-18(22)17-11(9-23-2)16-13(20)4-3-5-15(16)24-17/h3-8H,9H2,1-2H3,(H,21,22). The smallest absolute Gasteiger partial charge is 0.266 e. The largest absolute Gasteiger partial charge is 0.380 e. The van der Waals surface area contributed by atoms with E-state index in [9.17, 15) is 9.18 Å². The molecule has 124 valence electrons. The number of carbonyl (C=O) groups excluding carboxylic acids is 1. The van der Waals surface area contributed by atoms with Crippen molar-refractivity contribution in [3.63, 3.8) is 0 Å². The number of rotatable bonds is 4. The van der Waals surface area contributed by atoms with Gasteiger partial charge in [-0.1, -0.05) is 23.7 Å². The van der Waals surface area contributed by atoms with Crippen molar-refractivity contribution in [2.24, 2.45) is 0 Å². The molecule has 1 N–H and O–H groups in total. The van der Waals surface area contributed by atoms with E-state index in [4.69, 9.17) is 16.3 Å². The van der Waals surface area contributed by atoms with Crippen molar-refractivity contribution in [3.05, 3.63) is 63.2 Å². The number of hydrogen-bond donors (Lipinski definition) is 1. The van der Waals surface area contributed by atoms with E-state index in [2.05, 4.69) is 5.32 Å². The summed E-state index contributed by atoms with van der Waals surface area (Å²) in [7, 11) is 1.52. The number of anilines is 1. The van der Waals surface area contributed by atoms with Crippen LogP contribution in [0.1, 0.15) is 20.8 Å². The van der Waals surface area contributed by atoms with E-state index in [1.807, 2.05) is 13.0 Å². The second-order valence-corrected chi connectivity index (χ2v) is 6.85. The Kier molecular flexibility index (Phi) is 4.85. The zero-order valence-corrected chi connectivity index (χ0v) is 14.7. The maximum absolute atomic E-state index is 14.2. The average Bonchev–Trinajstić information content (AvgIpc) is 2.91. The fourth-order valence-electron chi connectivity index (χ4n) is 2.53. The van der Waals surface area contributed by atoms with Gasteiger partial charge in [-0.25, -0.2) is 4.39 Å². The van der Waals surface area contributed by atoms with Crippen LogP contribution in [-0.4, -0.2) is 13.0 Å². The molecule has 0 fully saturated rings. The van der Waals surface area contributed by atoms with Gasteiger partial charge < -0.3 is 10.1 Å². The lowest BCUT2D eigenvalue weighted by Crippen LogP contribution is -2.13. The van der Waals surface area contributed by atoms with Crippen molar-refractivity contribution in [1.82, 2.24) is 0 Å². The molecule has 3 aromatic rings. The van der Waals surface area contributed by atoms with Gasteiger partial charge in [0.15, 0.2) is 0 Å². The van der Waals surface area contributed by atoms with Crippen LogP contribution in [-0.2, 0) is 11.3 Å². The van der Waals surface area contributed by atoms with Crippen LogP contribution in [0.15, 0.2) is 36.4 Å². The van der Waals surface area contributed by atoms with Crippen LogP contribution >= 0.6 is 22.9 Å². The molecule has 1 aromatic heterocycles. The van der Waals surface area contributed by atoms with E-state index >= 15 is 0 Å². The average molecular weight is 364 g/mol. The highest BCUT2D eigenvalue weighted by molar-refractivity contribution is 7.21. The second kappa shape index (κ2) is 6.89. The highest BCUT2D eigenvalue weighted by Crippen LogP contribution is 2.34. The van der Waals surface area contributed by atoms with Crippen LogP contribution in [0, 0.1) is 12.7 Å². The lowest BCUT2D eigenvalue weighted by molar-refractivity contribution is 0.102. The molecular weight excluding hydrogens is 349 g/mol. The Morgan fingerprint density at radius 1 is 1.33 bits per heavy atom. The fraction of sp³-hybridized carbons (Fsp3) is 0.167. The Balaban J connectivity index is 2.03. The maximum Gasteiger partial charge on any atom is 0.266 e. The summed E-state index contributed by atoms with van der Waals surface area (Å²) in [6.07, 6.45) is 0. The summed E-state index contributed by atoms with van der Waals surface area (Å²) in [6.45, 7) is 2.08. The Hall–Kier alpha value is -1.95. The Morgan fingerprint density at radius 2 is 2.12 bits per heavy atom. The molecule has 2 aromatic carbocycles. The van der Waals surface area contributed by atoms with E-state index in [-0.39, 0.29) is 18.3 Å². The molecule has 0 spiro atoms. The third kappa shape index (κ3) is 3.15. The summed E-state index contributed by atoms with van der Waals surface area (Å²) in [4.78, 5) is 13.1. The molecule has 3 rings (SSSR count). The number of ether oxygens (including phenoxy) is 1. The zero-order valence-electron chi connectivity index (χ0n) is 13.2. The first kappa shape index (κ1) is 16.9. The van der Waals surface area contributed by atoms with Gasteiger partial charge in [0.1, 0.15) is 5.82 Å². The summed E-state index contributed by atoms with van der Waals surface area (Å²) in [6, 6.07) is 10.2. The zero-order chi connectivity index (χ0) is 17.3. The van der Waals surface area contributed by atoms with Crippen molar-refractivity contribution in [1.29, 1.82) is 0 Å². The molecule has 1 heterocycles. The molecule has 0 aliphatic carbocycles. The summed E-state index contributed by atoms with van der Waals surface area (Å²) < 4.78 is 20.1. The molecule has 1 amide bonds. The summed E-state index contributed by atoms with van der Waals surface area (Å²) in [5.41, 5.74) is 2.08. The first-order valence-corrected chi connectivity index (χ1v) is 8.47. The van der Waals surface area contributed by atoms with Gasteiger partial charge in [-0.2, -0.15) is 0 Å². The van der Waals surface area contributed by atoms with Gasteiger partial charge in [-0.15, -0.1) is 11.3 Å². The van der Waals surface area contributed by atoms with Crippen LogP contribution in [0.2, 0.25) is 5.02 Å². The first-order chi connectivity index (χ1) is 11.5. The molecule has 0 atom stereocenters. The minimum atomic E-state index is -0.358. The highest BCUT2D eigenvalue weighted by Gasteiger charge is 2.21. The van der Waals surface area contributed by atoms with Crippen molar-refractivity contribution in [2.75, 3.05) is 12.4 Å². The molecule has 0 bridgehead atoms. The molecule has 0 aliphatic rings. The van der Waals surface area contributed by atoms with Gasteiger partial charge >= 0.3 is 0 Å². The number of halogens is 2. The number of nitrogens with one attached hydrogen (secondary N) is 1. The topological polar surface area (TPSA) is 38.3 Å². The summed E-state index contributed by atoms with van der Waals surface area (Å²) >= 11 is 7.41. The monoisotopic (exact) mass is 363 g/mol. The molecule has 0 unspecified atom stereocenters. The normalized spacial score (nSPS) is 11.0. The van der Waals surface area contributed by atoms with Crippen LogP contribution in [0.4, 0.5) is 10.1 Å². The third-order valence-corrected chi connectivity index (χ3v) is 5.14. The van der Waals surface area contributed by atoms with E-state index in [1.54, 1.807) is 24.3 Å². The quantitative estimate of drug-likeness (QED) is 0.673. The number of thiophene rings is 1. The Bertz CT molecular complexity index is 923. The number of methoxy groups -OCH3 is 1. The predicted octanol–water partition coefficient (Wildman–Crippen LogP) is 5.40. The maximum atomic E-state index is 14.2. The van der Waals surface area contributed by atoms with Gasteiger partial charge in [-0.05, 0) is 36.8 Å². The minimum Gasteiger partial charge on any atom is -0.380 e. The lowest BCUT2D eigenvalue weighted by atomic mass is 10.1. The van der Waals surface area contributed by atoms with E-state index in [0.717, 1.165) is 5.56 Å². The van der Waals surface area contributed by atoms with Crippen LogP contribution in [0.25, 0.3) is 10.1 Å². The van der Waals surface area contributed by atoms with E-state index in [0.29, 0.717) is 31.2 Å². The van der Waals surface area contributed by atoms with Gasteiger partial charge in [0.25, 0.3) is 5.91 Å². The summed E-state index contributed by atoms with van der Waals surface area (Å²) in [5.74, 6) is -0.684. The van der Waals surface area contributed by atoms with Crippen molar-refractivity contribution < 1.29 is 13.9 Å². The number of carbonyl (C=O) groups is 1. The number of amides is 1. The Labute approximate surface area is 148 Å². The van der Waals surface area contributed by atoms with Crippen molar-refractivity contribution in [3.8, 4) is 0 Å². The first-order valence-electron chi connectivity index (χ1n) is 7.27. The van der Waals surface area contributed by atoms with E-state index in [1.165, 1.54) is 24.5 Å². The molecule has 0 saturated heterocycles. The predicted molar refractivity (Wildman–Crippen MR) is 96.6 cm³/mol. The number of hydrogen-bond acceptors (Lipinski definition) is 3. The van der Waals surface area contributed by atoms with Gasteiger partial charge in [-0.3, -0.25) is 4.79 Å². The van der Waals surface area contributed by atoms with Crippen LogP contribution < -0.4 is 5.32 Å². The van der Waals surface area contributed by atoms with Gasteiger partial charge in [0.2, 0.25) is 0 Å². The molecule has 6 heteroatoms. The van der Waals surface area contributed by atoms with Crippen molar-refractivity contribution in [2.45, 2.75) is 13.5 Å². The fourth-order valence-corrected chi connectivity index (χ4v) is 3.93. The Morgan fingerprint density at radius 3 is 2.83 bits per heavy atom. The molecule has 24 heavy (non-hydrogen) atoms. The number of fused-ring (bicyclic) bond motifs is 1. The van der Waals surface area contributed by atoms with Crippen molar-refractivity contribution >= 4 is 44.6 Å². The number of aryl methyl sites for hydroxylation is 1. The van der Waals surface area contributed by atoms with E-state index < -0.39 is 0 Å². The molecular formula is C18H15ClFNO2S. The molecule has 0 saturated carbocycles. The minimum absolute atomic E-state index is 0.158.